The largest absolute Gasteiger partial charge is 0.370 e. The normalized spacial score (nSPS) is 14.4. The molecule has 2 rings (SSSR count). The third-order valence-electron chi connectivity index (χ3n) is 3.38. The molecule has 0 amide bonds. The SMILES string of the molecule is CCCCCCNc1cc(NCC)nc(C2CC2)n1. The zero-order valence-corrected chi connectivity index (χ0v) is 12.2. The monoisotopic (exact) mass is 262 g/mol. The zero-order valence-electron chi connectivity index (χ0n) is 12.2. The Hall–Kier alpha value is -1.32. The first-order valence-corrected chi connectivity index (χ1v) is 7.70. The summed E-state index contributed by atoms with van der Waals surface area (Å²) in [5, 5.41) is 6.72. The third-order valence-corrected chi connectivity index (χ3v) is 3.38. The first kappa shape index (κ1) is 14.1. The van der Waals surface area contributed by atoms with Crippen molar-refractivity contribution in [3.8, 4) is 0 Å². The van der Waals surface area contributed by atoms with Gasteiger partial charge in [-0.2, -0.15) is 0 Å². The van der Waals surface area contributed by atoms with Crippen LogP contribution in [0.4, 0.5) is 11.6 Å². The van der Waals surface area contributed by atoms with Gasteiger partial charge < -0.3 is 10.6 Å². The quantitative estimate of drug-likeness (QED) is 0.665. The van der Waals surface area contributed by atoms with Gasteiger partial charge in [0.2, 0.25) is 0 Å². The summed E-state index contributed by atoms with van der Waals surface area (Å²) in [6.07, 6.45) is 7.60. The van der Waals surface area contributed by atoms with Crippen molar-refractivity contribution in [3.63, 3.8) is 0 Å². The standard InChI is InChI=1S/C15H26N4/c1-3-5-6-7-10-17-14-11-13(16-4-2)18-15(19-14)12-8-9-12/h11-12H,3-10H2,1-2H3,(H2,16,17,18,19). The van der Waals surface area contributed by atoms with Gasteiger partial charge in [-0.05, 0) is 26.2 Å². The highest BCUT2D eigenvalue weighted by Crippen LogP contribution is 2.38. The van der Waals surface area contributed by atoms with Crippen molar-refractivity contribution in [2.45, 2.75) is 58.3 Å². The van der Waals surface area contributed by atoms with Crippen molar-refractivity contribution in [3.05, 3.63) is 11.9 Å². The predicted molar refractivity (Wildman–Crippen MR) is 80.8 cm³/mol. The summed E-state index contributed by atoms with van der Waals surface area (Å²) < 4.78 is 0. The maximum absolute atomic E-state index is 4.63. The summed E-state index contributed by atoms with van der Waals surface area (Å²) >= 11 is 0. The van der Waals surface area contributed by atoms with Gasteiger partial charge in [-0.25, -0.2) is 9.97 Å². The van der Waals surface area contributed by atoms with Gasteiger partial charge in [0.1, 0.15) is 17.5 Å². The van der Waals surface area contributed by atoms with Crippen LogP contribution in [-0.4, -0.2) is 23.1 Å². The van der Waals surface area contributed by atoms with Crippen molar-refractivity contribution in [1.82, 2.24) is 9.97 Å². The molecule has 106 valence electrons. The lowest BCUT2D eigenvalue weighted by molar-refractivity contribution is 0.684. The molecule has 0 aromatic carbocycles. The molecule has 0 spiro atoms. The Labute approximate surface area is 116 Å². The van der Waals surface area contributed by atoms with E-state index >= 15 is 0 Å². The molecule has 0 radical (unpaired) electrons. The van der Waals surface area contributed by atoms with Crippen molar-refractivity contribution >= 4 is 11.6 Å². The second kappa shape index (κ2) is 7.31. The van der Waals surface area contributed by atoms with E-state index < -0.39 is 0 Å². The van der Waals surface area contributed by atoms with E-state index in [1.165, 1.54) is 38.5 Å². The number of hydrogen-bond donors (Lipinski definition) is 2. The van der Waals surface area contributed by atoms with Gasteiger partial charge in [0, 0.05) is 25.1 Å². The van der Waals surface area contributed by atoms with E-state index in [9.17, 15) is 0 Å². The summed E-state index contributed by atoms with van der Waals surface area (Å²) in [5.74, 6) is 3.54. The van der Waals surface area contributed by atoms with Crippen molar-refractivity contribution in [2.24, 2.45) is 0 Å². The second-order valence-electron chi connectivity index (χ2n) is 5.29. The Balaban J connectivity index is 1.90. The Bertz CT molecular complexity index is 388. The second-order valence-corrected chi connectivity index (χ2v) is 5.29. The van der Waals surface area contributed by atoms with Crippen molar-refractivity contribution in [2.75, 3.05) is 23.7 Å². The molecule has 1 fully saturated rings. The van der Waals surface area contributed by atoms with Gasteiger partial charge in [-0.15, -0.1) is 0 Å². The van der Waals surface area contributed by atoms with Crippen LogP contribution >= 0.6 is 0 Å². The highest BCUT2D eigenvalue weighted by atomic mass is 15.1. The van der Waals surface area contributed by atoms with Crippen LogP contribution in [0.2, 0.25) is 0 Å². The number of hydrogen-bond acceptors (Lipinski definition) is 4. The number of anilines is 2. The molecule has 1 aromatic heterocycles. The molecule has 0 saturated heterocycles. The number of rotatable bonds is 9. The van der Waals surface area contributed by atoms with Crippen LogP contribution < -0.4 is 10.6 Å². The van der Waals surface area contributed by atoms with E-state index in [4.69, 9.17) is 0 Å². The predicted octanol–water partition coefficient (Wildman–Crippen LogP) is 3.78. The molecule has 0 bridgehead atoms. The maximum Gasteiger partial charge on any atom is 0.136 e. The van der Waals surface area contributed by atoms with Gasteiger partial charge in [0.25, 0.3) is 0 Å². The first-order valence-electron chi connectivity index (χ1n) is 7.70. The lowest BCUT2D eigenvalue weighted by atomic mass is 10.2. The van der Waals surface area contributed by atoms with Crippen molar-refractivity contribution < 1.29 is 0 Å². The van der Waals surface area contributed by atoms with E-state index in [-0.39, 0.29) is 0 Å². The lowest BCUT2D eigenvalue weighted by Crippen LogP contribution is -2.08. The number of aromatic nitrogens is 2. The molecule has 1 heterocycles. The molecule has 1 aliphatic rings. The molecule has 1 saturated carbocycles. The molecule has 1 aliphatic carbocycles. The van der Waals surface area contributed by atoms with Crippen molar-refractivity contribution in [1.29, 1.82) is 0 Å². The fraction of sp³-hybridized carbons (Fsp3) is 0.733. The Morgan fingerprint density at radius 2 is 1.79 bits per heavy atom. The minimum absolute atomic E-state index is 0.597. The van der Waals surface area contributed by atoms with Crippen LogP contribution in [0.5, 0.6) is 0 Å². The molecule has 4 nitrogen and oxygen atoms in total. The van der Waals surface area contributed by atoms with Crippen LogP contribution in [-0.2, 0) is 0 Å². The topological polar surface area (TPSA) is 49.8 Å². The molecule has 0 unspecified atom stereocenters. The molecule has 4 heteroatoms. The lowest BCUT2D eigenvalue weighted by Gasteiger charge is -2.10. The van der Waals surface area contributed by atoms with E-state index in [2.05, 4.69) is 34.4 Å². The van der Waals surface area contributed by atoms with Gasteiger partial charge in [-0.1, -0.05) is 26.2 Å². The van der Waals surface area contributed by atoms with Gasteiger partial charge in [0.05, 0.1) is 0 Å². The molecule has 2 N–H and O–H groups in total. The summed E-state index contributed by atoms with van der Waals surface area (Å²) in [6, 6.07) is 2.02. The van der Waals surface area contributed by atoms with Crippen LogP contribution in [0.1, 0.15) is 64.1 Å². The van der Waals surface area contributed by atoms with Gasteiger partial charge >= 0.3 is 0 Å². The molecule has 0 atom stereocenters. The van der Waals surface area contributed by atoms with E-state index in [1.807, 2.05) is 6.07 Å². The minimum Gasteiger partial charge on any atom is -0.370 e. The van der Waals surface area contributed by atoms with Gasteiger partial charge in [0.15, 0.2) is 0 Å². The van der Waals surface area contributed by atoms with Crippen LogP contribution in [0, 0.1) is 0 Å². The molecule has 0 aliphatic heterocycles. The first-order chi connectivity index (χ1) is 9.33. The van der Waals surface area contributed by atoms with Gasteiger partial charge in [-0.3, -0.25) is 0 Å². The molecule has 1 aromatic rings. The molecular formula is C15H26N4. The highest BCUT2D eigenvalue weighted by Gasteiger charge is 2.27. The fourth-order valence-corrected chi connectivity index (χ4v) is 2.12. The summed E-state index contributed by atoms with van der Waals surface area (Å²) in [6.45, 7) is 6.24. The summed E-state index contributed by atoms with van der Waals surface area (Å²) in [5.41, 5.74) is 0. The average Bonchev–Trinajstić information content (AvgIpc) is 3.23. The zero-order chi connectivity index (χ0) is 13.5. The number of nitrogens with one attached hydrogen (secondary N) is 2. The number of nitrogens with zero attached hydrogens (tertiary/aromatic N) is 2. The highest BCUT2D eigenvalue weighted by molar-refractivity contribution is 5.48. The molecule has 19 heavy (non-hydrogen) atoms. The van der Waals surface area contributed by atoms with Crippen LogP contribution in [0.15, 0.2) is 6.07 Å². The Morgan fingerprint density at radius 1 is 1.05 bits per heavy atom. The average molecular weight is 262 g/mol. The minimum atomic E-state index is 0.597. The third kappa shape index (κ3) is 4.69. The molecular weight excluding hydrogens is 236 g/mol. The number of unbranched alkanes of at least 4 members (excludes halogenated alkanes) is 3. The summed E-state index contributed by atoms with van der Waals surface area (Å²) in [7, 11) is 0. The summed E-state index contributed by atoms with van der Waals surface area (Å²) in [4.78, 5) is 9.21. The smallest absolute Gasteiger partial charge is 0.136 e. The van der Waals surface area contributed by atoms with Crippen LogP contribution in [0.3, 0.4) is 0 Å². The fourth-order valence-electron chi connectivity index (χ4n) is 2.12. The van der Waals surface area contributed by atoms with E-state index in [0.717, 1.165) is 30.5 Å². The van der Waals surface area contributed by atoms with Crippen LogP contribution in [0.25, 0.3) is 0 Å². The Kier molecular flexibility index (Phi) is 5.43. The van der Waals surface area contributed by atoms with E-state index in [0.29, 0.717) is 5.92 Å². The van der Waals surface area contributed by atoms with E-state index in [1.54, 1.807) is 0 Å². The maximum atomic E-state index is 4.63. The Morgan fingerprint density at radius 3 is 2.42 bits per heavy atom.